The second-order valence-corrected chi connectivity index (χ2v) is 7.24. The van der Waals surface area contributed by atoms with Crippen LogP contribution in [0.15, 0.2) is 29.3 Å². The molecule has 26 heavy (non-hydrogen) atoms. The van der Waals surface area contributed by atoms with Gasteiger partial charge in [0.05, 0.1) is 19.7 Å². The van der Waals surface area contributed by atoms with Gasteiger partial charge in [0, 0.05) is 6.04 Å². The van der Waals surface area contributed by atoms with E-state index < -0.39 is 0 Å². The van der Waals surface area contributed by atoms with E-state index in [4.69, 9.17) is 15.5 Å². The van der Waals surface area contributed by atoms with Crippen molar-refractivity contribution in [2.45, 2.75) is 57.0 Å². The molecule has 1 heterocycles. The summed E-state index contributed by atoms with van der Waals surface area (Å²) in [6, 6.07) is 9.20. The summed E-state index contributed by atoms with van der Waals surface area (Å²) in [6.07, 6.45) is 8.90. The monoisotopic (exact) mass is 424 g/mol. The second kappa shape index (κ2) is 10.8. The maximum absolute atomic E-state index is 6.16. The molecular formula is C20H33BrN4O. The van der Waals surface area contributed by atoms with E-state index in [0.29, 0.717) is 18.5 Å². The fraction of sp³-hybridized carbons (Fsp3) is 0.650. The Balaban J connectivity index is 0.00000243. The summed E-state index contributed by atoms with van der Waals surface area (Å²) >= 11 is 0. The summed E-state index contributed by atoms with van der Waals surface area (Å²) < 4.78 is 5.30. The highest BCUT2D eigenvalue weighted by atomic mass is 79.9. The third-order valence-corrected chi connectivity index (χ3v) is 5.47. The van der Waals surface area contributed by atoms with E-state index in [1.807, 2.05) is 12.1 Å². The van der Waals surface area contributed by atoms with E-state index in [1.165, 1.54) is 50.5 Å². The van der Waals surface area contributed by atoms with Gasteiger partial charge in [-0.25, -0.2) is 0 Å². The van der Waals surface area contributed by atoms with Crippen molar-refractivity contribution >= 4 is 22.9 Å². The Labute approximate surface area is 168 Å². The molecule has 1 unspecified atom stereocenters. The van der Waals surface area contributed by atoms with Crippen LogP contribution >= 0.6 is 17.0 Å². The second-order valence-electron chi connectivity index (χ2n) is 7.24. The fourth-order valence-electron chi connectivity index (χ4n) is 4.00. The maximum atomic E-state index is 6.16. The van der Waals surface area contributed by atoms with Crippen molar-refractivity contribution in [2.75, 3.05) is 26.7 Å². The number of likely N-dealkylation sites (tertiary alicyclic amines) is 1. The van der Waals surface area contributed by atoms with Crippen LogP contribution in [0.1, 0.15) is 56.6 Å². The number of benzene rings is 1. The minimum atomic E-state index is 0. The number of nitrogens with one attached hydrogen (secondary N) is 1. The van der Waals surface area contributed by atoms with Gasteiger partial charge >= 0.3 is 0 Å². The van der Waals surface area contributed by atoms with Crippen LogP contribution in [-0.2, 0) is 0 Å². The number of nitrogens with zero attached hydrogens (tertiary/aromatic N) is 2. The summed E-state index contributed by atoms with van der Waals surface area (Å²) in [4.78, 5) is 7.25. The molecule has 0 spiro atoms. The lowest BCUT2D eigenvalue weighted by Crippen LogP contribution is -2.40. The van der Waals surface area contributed by atoms with Crippen molar-refractivity contribution in [3.05, 3.63) is 29.8 Å². The lowest BCUT2D eigenvalue weighted by molar-refractivity contribution is 0.167. The SMILES string of the molecule is Br.COc1ccc(C(CN=C(N)NC2CCCC2)N2CCCCC2)cc1. The third-order valence-electron chi connectivity index (χ3n) is 5.47. The molecule has 1 aromatic carbocycles. The van der Waals surface area contributed by atoms with Crippen molar-refractivity contribution in [3.63, 3.8) is 0 Å². The number of methoxy groups -OCH3 is 1. The molecule has 0 aromatic heterocycles. The average Bonchev–Trinajstić information content (AvgIpc) is 3.16. The predicted molar refractivity (Wildman–Crippen MR) is 113 cm³/mol. The van der Waals surface area contributed by atoms with Crippen LogP contribution in [-0.4, -0.2) is 43.6 Å². The summed E-state index contributed by atoms with van der Waals surface area (Å²) in [5, 5.41) is 3.40. The van der Waals surface area contributed by atoms with Crippen LogP contribution in [0.2, 0.25) is 0 Å². The average molecular weight is 425 g/mol. The molecule has 1 aliphatic carbocycles. The number of halogens is 1. The maximum Gasteiger partial charge on any atom is 0.188 e. The highest BCUT2D eigenvalue weighted by Gasteiger charge is 2.22. The van der Waals surface area contributed by atoms with Gasteiger partial charge in [-0.3, -0.25) is 9.89 Å². The first-order valence-electron chi connectivity index (χ1n) is 9.70. The molecule has 1 aliphatic heterocycles. The van der Waals surface area contributed by atoms with Gasteiger partial charge in [0.25, 0.3) is 0 Å². The van der Waals surface area contributed by atoms with Crippen molar-refractivity contribution < 1.29 is 4.74 Å². The molecule has 146 valence electrons. The lowest BCUT2D eigenvalue weighted by atomic mass is 10.0. The molecule has 1 saturated carbocycles. The molecule has 1 atom stereocenters. The molecule has 2 aliphatic rings. The van der Waals surface area contributed by atoms with Gasteiger partial charge in [-0.15, -0.1) is 17.0 Å². The number of ether oxygens (including phenoxy) is 1. The van der Waals surface area contributed by atoms with Crippen molar-refractivity contribution in [3.8, 4) is 5.75 Å². The van der Waals surface area contributed by atoms with E-state index in [9.17, 15) is 0 Å². The topological polar surface area (TPSA) is 62.9 Å². The Morgan fingerprint density at radius 3 is 2.42 bits per heavy atom. The van der Waals surface area contributed by atoms with Gasteiger partial charge in [0.15, 0.2) is 5.96 Å². The molecule has 1 saturated heterocycles. The Morgan fingerprint density at radius 1 is 1.15 bits per heavy atom. The molecule has 1 aromatic rings. The van der Waals surface area contributed by atoms with E-state index in [2.05, 4.69) is 22.3 Å². The van der Waals surface area contributed by atoms with Crippen molar-refractivity contribution in [2.24, 2.45) is 10.7 Å². The molecule has 2 fully saturated rings. The minimum Gasteiger partial charge on any atom is -0.497 e. The number of hydrogen-bond donors (Lipinski definition) is 2. The standard InChI is InChI=1S/C20H32N4O.BrH/c1-25-18-11-9-16(10-12-18)19(24-13-5-2-6-14-24)15-22-20(21)23-17-7-3-4-8-17;/h9-12,17,19H,2-8,13-15H2,1H3,(H3,21,22,23);1H. The Hall–Kier alpha value is -1.27. The van der Waals surface area contributed by atoms with E-state index in [0.717, 1.165) is 18.8 Å². The first-order chi connectivity index (χ1) is 12.3. The van der Waals surface area contributed by atoms with Crippen LogP contribution in [0.4, 0.5) is 0 Å². The number of hydrogen-bond acceptors (Lipinski definition) is 3. The summed E-state index contributed by atoms with van der Waals surface area (Å²) in [6.45, 7) is 2.99. The lowest BCUT2D eigenvalue weighted by Gasteiger charge is -2.34. The zero-order valence-electron chi connectivity index (χ0n) is 15.8. The van der Waals surface area contributed by atoms with Crippen LogP contribution < -0.4 is 15.8 Å². The molecule has 5 nitrogen and oxygen atoms in total. The van der Waals surface area contributed by atoms with Gasteiger partial charge in [0.1, 0.15) is 5.75 Å². The fourth-order valence-corrected chi connectivity index (χ4v) is 4.00. The number of nitrogens with two attached hydrogens (primary N) is 1. The van der Waals surface area contributed by atoms with E-state index >= 15 is 0 Å². The van der Waals surface area contributed by atoms with Crippen LogP contribution in [0, 0.1) is 0 Å². The van der Waals surface area contributed by atoms with Gasteiger partial charge in [-0.1, -0.05) is 31.4 Å². The Bertz CT molecular complexity index is 551. The first-order valence-corrected chi connectivity index (χ1v) is 9.70. The summed E-state index contributed by atoms with van der Waals surface area (Å²) in [7, 11) is 1.71. The summed E-state index contributed by atoms with van der Waals surface area (Å²) in [5.74, 6) is 1.49. The predicted octanol–water partition coefficient (Wildman–Crippen LogP) is 3.65. The molecular weight excluding hydrogens is 392 g/mol. The van der Waals surface area contributed by atoms with Crippen molar-refractivity contribution in [1.82, 2.24) is 10.2 Å². The minimum absolute atomic E-state index is 0. The largest absolute Gasteiger partial charge is 0.497 e. The van der Waals surface area contributed by atoms with Crippen molar-refractivity contribution in [1.29, 1.82) is 0 Å². The normalized spacial score (nSPS) is 20.4. The zero-order valence-corrected chi connectivity index (χ0v) is 17.5. The van der Waals surface area contributed by atoms with Gasteiger partial charge in [-0.05, 0) is 56.5 Å². The van der Waals surface area contributed by atoms with Gasteiger partial charge in [-0.2, -0.15) is 0 Å². The number of piperidine rings is 1. The quantitative estimate of drug-likeness (QED) is 0.540. The number of aliphatic imine (C=N–C) groups is 1. The smallest absolute Gasteiger partial charge is 0.188 e. The molecule has 3 rings (SSSR count). The highest BCUT2D eigenvalue weighted by molar-refractivity contribution is 8.93. The highest BCUT2D eigenvalue weighted by Crippen LogP contribution is 2.26. The first kappa shape index (κ1) is 21.0. The summed E-state index contributed by atoms with van der Waals surface area (Å²) in [5.41, 5.74) is 7.45. The van der Waals surface area contributed by atoms with Crippen LogP contribution in [0.5, 0.6) is 5.75 Å². The van der Waals surface area contributed by atoms with Crippen LogP contribution in [0.3, 0.4) is 0 Å². The molecule has 0 radical (unpaired) electrons. The molecule has 3 N–H and O–H groups in total. The Morgan fingerprint density at radius 2 is 1.81 bits per heavy atom. The third kappa shape index (κ3) is 5.88. The van der Waals surface area contributed by atoms with Gasteiger partial charge in [0.2, 0.25) is 0 Å². The van der Waals surface area contributed by atoms with E-state index in [1.54, 1.807) is 7.11 Å². The van der Waals surface area contributed by atoms with Gasteiger partial charge < -0.3 is 15.8 Å². The number of rotatable bonds is 6. The zero-order chi connectivity index (χ0) is 17.5. The molecule has 0 amide bonds. The Kier molecular flexibility index (Phi) is 8.72. The van der Waals surface area contributed by atoms with E-state index in [-0.39, 0.29) is 23.0 Å². The molecule has 6 heteroatoms. The molecule has 0 bridgehead atoms. The number of guanidine groups is 1. The van der Waals surface area contributed by atoms with Crippen LogP contribution in [0.25, 0.3) is 0 Å².